The van der Waals surface area contributed by atoms with E-state index in [1.807, 2.05) is 17.2 Å². The van der Waals surface area contributed by atoms with Gasteiger partial charge in [0.25, 0.3) is 0 Å². The molecule has 2 aromatic carbocycles. The molecule has 0 radical (unpaired) electrons. The number of hydroxylamine groups is 1. The van der Waals surface area contributed by atoms with Gasteiger partial charge in [-0.3, -0.25) is 4.84 Å². The number of anilines is 4. The molecule has 1 spiro atoms. The molecule has 1 aromatic heterocycles. The minimum Gasteiger partial charge on any atom is -0.494 e. The summed E-state index contributed by atoms with van der Waals surface area (Å²) in [6.45, 7) is 5.05. The third-order valence-electron chi connectivity index (χ3n) is 8.98. The van der Waals surface area contributed by atoms with Crippen molar-refractivity contribution >= 4 is 23.0 Å². The summed E-state index contributed by atoms with van der Waals surface area (Å²) in [5, 5.41) is 5.38. The van der Waals surface area contributed by atoms with Gasteiger partial charge in [0.2, 0.25) is 0 Å². The molecule has 1 N–H and O–H groups in total. The van der Waals surface area contributed by atoms with Crippen molar-refractivity contribution in [1.29, 1.82) is 0 Å². The largest absolute Gasteiger partial charge is 0.494 e. The molecular weight excluding hydrogens is 488 g/mol. The van der Waals surface area contributed by atoms with Crippen LogP contribution in [0.15, 0.2) is 54.9 Å². The van der Waals surface area contributed by atoms with E-state index in [4.69, 9.17) is 9.57 Å². The fraction of sp³-hybridized carbons (Fsp3) is 0.484. The highest BCUT2D eigenvalue weighted by Gasteiger charge is 2.46. The van der Waals surface area contributed by atoms with E-state index in [2.05, 4.69) is 82.5 Å². The lowest BCUT2D eigenvalue weighted by molar-refractivity contribution is 0.00488. The maximum atomic E-state index is 5.99. The van der Waals surface area contributed by atoms with E-state index in [0.717, 1.165) is 42.8 Å². The van der Waals surface area contributed by atoms with Crippen LogP contribution in [-0.4, -0.2) is 61.8 Å². The molecular formula is C31H40N6O2. The van der Waals surface area contributed by atoms with Crippen molar-refractivity contribution in [2.24, 2.45) is 5.41 Å². The van der Waals surface area contributed by atoms with Gasteiger partial charge in [0.1, 0.15) is 17.9 Å². The first-order valence-electron chi connectivity index (χ1n) is 14.1. The number of nitrogens with one attached hydrogen (secondary N) is 1. The molecule has 3 aliphatic rings. The van der Waals surface area contributed by atoms with Crippen LogP contribution in [0.2, 0.25) is 0 Å². The Kier molecular flexibility index (Phi) is 7.08. The Morgan fingerprint density at radius 3 is 2.54 bits per heavy atom. The molecule has 3 heterocycles. The molecule has 8 heteroatoms. The first kappa shape index (κ1) is 25.9. The Bertz CT molecular complexity index is 1280. The van der Waals surface area contributed by atoms with Crippen LogP contribution in [0.4, 0.5) is 23.0 Å². The zero-order valence-corrected chi connectivity index (χ0v) is 23.6. The van der Waals surface area contributed by atoms with Crippen molar-refractivity contribution in [2.75, 3.05) is 56.2 Å². The van der Waals surface area contributed by atoms with Gasteiger partial charge in [-0.25, -0.2) is 15.0 Å². The van der Waals surface area contributed by atoms with E-state index in [9.17, 15) is 0 Å². The fourth-order valence-electron chi connectivity index (χ4n) is 6.57. The van der Waals surface area contributed by atoms with Crippen molar-refractivity contribution in [3.63, 3.8) is 0 Å². The van der Waals surface area contributed by atoms with Crippen LogP contribution in [0.1, 0.15) is 49.3 Å². The number of rotatable bonds is 7. The minimum atomic E-state index is 0.127. The first-order valence-corrected chi connectivity index (χ1v) is 14.1. The van der Waals surface area contributed by atoms with E-state index in [0.29, 0.717) is 17.8 Å². The van der Waals surface area contributed by atoms with Crippen molar-refractivity contribution in [2.45, 2.75) is 51.1 Å². The van der Waals surface area contributed by atoms with Crippen LogP contribution in [-0.2, 0) is 4.84 Å². The summed E-state index contributed by atoms with van der Waals surface area (Å²) in [5.74, 6) is 2.25. The van der Waals surface area contributed by atoms with E-state index < -0.39 is 0 Å². The summed E-state index contributed by atoms with van der Waals surface area (Å²) in [4.78, 5) is 19.9. The van der Waals surface area contributed by atoms with Gasteiger partial charge in [0.15, 0.2) is 5.82 Å². The molecule has 39 heavy (non-hydrogen) atoms. The third kappa shape index (κ3) is 5.15. The highest BCUT2D eigenvalue weighted by Crippen LogP contribution is 2.51. The average Bonchev–Trinajstić information content (AvgIpc) is 3.43. The monoisotopic (exact) mass is 528 g/mol. The zero-order valence-electron chi connectivity index (χ0n) is 23.6. The van der Waals surface area contributed by atoms with Crippen LogP contribution in [0.3, 0.4) is 0 Å². The van der Waals surface area contributed by atoms with Crippen molar-refractivity contribution in [3.05, 3.63) is 66.0 Å². The standard InChI is InChI=1S/C31H40N6O2/c1-22-16-25(28(38-4)17-27(22)36-13-11-31(12-14-36)19-24(20-31)35(2)3)34-29-18-30(33-21-32-29)37-26(10-15-39-37)23-8-6-5-7-9-23/h5-9,16-18,21,24,26H,10-15,19-20H2,1-4H3,(H,32,33,34)/t26-/m1/s1. The Morgan fingerprint density at radius 2 is 1.82 bits per heavy atom. The van der Waals surface area contributed by atoms with Gasteiger partial charge in [-0.2, -0.15) is 0 Å². The van der Waals surface area contributed by atoms with Crippen LogP contribution in [0.5, 0.6) is 5.75 Å². The topological polar surface area (TPSA) is 66.0 Å². The summed E-state index contributed by atoms with van der Waals surface area (Å²) in [5.41, 5.74) is 5.15. The number of benzene rings is 2. The lowest BCUT2D eigenvalue weighted by Gasteiger charge is -2.54. The zero-order chi connectivity index (χ0) is 27.0. The molecule has 1 aliphatic carbocycles. The number of hydrogen-bond acceptors (Lipinski definition) is 8. The Hall–Kier alpha value is -3.36. The van der Waals surface area contributed by atoms with Gasteiger partial charge >= 0.3 is 0 Å². The summed E-state index contributed by atoms with van der Waals surface area (Å²) in [6, 6.07) is 17.6. The average molecular weight is 529 g/mol. The molecule has 0 unspecified atom stereocenters. The molecule has 206 valence electrons. The molecule has 3 aromatic rings. The van der Waals surface area contributed by atoms with Gasteiger partial charge in [-0.05, 0) is 69.3 Å². The molecule has 2 saturated heterocycles. The van der Waals surface area contributed by atoms with E-state index in [1.165, 1.54) is 42.5 Å². The minimum absolute atomic E-state index is 0.127. The van der Waals surface area contributed by atoms with Crippen LogP contribution in [0.25, 0.3) is 0 Å². The molecule has 0 bridgehead atoms. The quantitative estimate of drug-likeness (QED) is 0.417. The molecule has 2 aliphatic heterocycles. The summed E-state index contributed by atoms with van der Waals surface area (Å²) in [6.07, 6.45) is 7.72. The molecule has 6 rings (SSSR count). The lowest BCUT2D eigenvalue weighted by atomic mass is 9.60. The number of nitrogens with zero attached hydrogens (tertiary/aromatic N) is 5. The Balaban J connectivity index is 1.17. The highest BCUT2D eigenvalue weighted by atomic mass is 16.7. The second-order valence-corrected chi connectivity index (χ2v) is 11.6. The van der Waals surface area contributed by atoms with Crippen molar-refractivity contribution < 1.29 is 9.57 Å². The SMILES string of the molecule is COc1cc(N2CCC3(CC2)CC(N(C)C)C3)c(C)cc1Nc1cc(N2OCC[C@@H]2c2ccccc2)ncn1. The summed E-state index contributed by atoms with van der Waals surface area (Å²) < 4.78 is 5.85. The van der Waals surface area contributed by atoms with E-state index >= 15 is 0 Å². The van der Waals surface area contributed by atoms with Gasteiger partial charge in [0.05, 0.1) is 25.4 Å². The smallest absolute Gasteiger partial charge is 0.158 e. The number of hydrogen-bond donors (Lipinski definition) is 1. The normalized spacial score (nSPS) is 20.9. The van der Waals surface area contributed by atoms with E-state index in [1.54, 1.807) is 13.4 Å². The number of methoxy groups -OCH3 is 1. The Morgan fingerprint density at radius 1 is 1.05 bits per heavy atom. The maximum absolute atomic E-state index is 5.99. The first-order chi connectivity index (χ1) is 18.9. The van der Waals surface area contributed by atoms with Crippen molar-refractivity contribution in [3.8, 4) is 5.75 Å². The summed E-state index contributed by atoms with van der Waals surface area (Å²) >= 11 is 0. The Labute approximate surface area is 231 Å². The fourth-order valence-corrected chi connectivity index (χ4v) is 6.57. The van der Waals surface area contributed by atoms with Gasteiger partial charge < -0.3 is 19.9 Å². The number of aryl methyl sites for hydroxylation is 1. The molecule has 1 atom stereocenters. The van der Waals surface area contributed by atoms with Gasteiger partial charge in [-0.15, -0.1) is 0 Å². The lowest BCUT2D eigenvalue weighted by Crippen LogP contribution is -2.53. The second kappa shape index (κ2) is 10.7. The number of piperidine rings is 1. The van der Waals surface area contributed by atoms with Crippen LogP contribution in [0, 0.1) is 12.3 Å². The molecule has 3 fully saturated rings. The summed E-state index contributed by atoms with van der Waals surface area (Å²) in [7, 11) is 6.15. The van der Waals surface area contributed by atoms with E-state index in [-0.39, 0.29) is 6.04 Å². The maximum Gasteiger partial charge on any atom is 0.158 e. The third-order valence-corrected chi connectivity index (χ3v) is 8.98. The van der Waals surface area contributed by atoms with Gasteiger partial charge in [-0.1, -0.05) is 30.3 Å². The van der Waals surface area contributed by atoms with Gasteiger partial charge in [0, 0.05) is 43.4 Å². The number of ether oxygens (including phenoxy) is 1. The molecule has 1 saturated carbocycles. The number of aromatic nitrogens is 2. The molecule has 8 nitrogen and oxygen atoms in total. The molecule has 0 amide bonds. The van der Waals surface area contributed by atoms with Crippen LogP contribution >= 0.6 is 0 Å². The predicted molar refractivity (Wildman–Crippen MR) is 156 cm³/mol. The highest BCUT2D eigenvalue weighted by molar-refractivity contribution is 5.72. The predicted octanol–water partition coefficient (Wildman–Crippen LogP) is 5.73. The second-order valence-electron chi connectivity index (χ2n) is 11.6. The van der Waals surface area contributed by atoms with Crippen molar-refractivity contribution in [1.82, 2.24) is 14.9 Å². The van der Waals surface area contributed by atoms with Crippen LogP contribution < -0.4 is 20.0 Å².